The van der Waals surface area contributed by atoms with Gasteiger partial charge in [-0.3, -0.25) is 9.80 Å². The average molecular weight is 692 g/mol. The van der Waals surface area contributed by atoms with E-state index in [0.29, 0.717) is 59.6 Å². The van der Waals surface area contributed by atoms with Crippen LogP contribution < -0.4 is 15.4 Å². The predicted octanol–water partition coefficient (Wildman–Crippen LogP) is 4.87. The highest BCUT2D eigenvalue weighted by Crippen LogP contribution is 2.50. The Balaban J connectivity index is 1.23. The summed E-state index contributed by atoms with van der Waals surface area (Å²) in [7, 11) is 0. The van der Waals surface area contributed by atoms with Gasteiger partial charge in [0.25, 0.3) is 0 Å². The van der Waals surface area contributed by atoms with Crippen LogP contribution in [0, 0.1) is 23.0 Å². The van der Waals surface area contributed by atoms with Crippen molar-refractivity contribution in [1.29, 1.82) is 5.26 Å². The van der Waals surface area contributed by atoms with Gasteiger partial charge in [-0.2, -0.15) is 15.2 Å². The van der Waals surface area contributed by atoms with Crippen molar-refractivity contribution < 1.29 is 27.8 Å². The molecule has 0 aliphatic carbocycles. The molecule has 8 heterocycles. The summed E-state index contributed by atoms with van der Waals surface area (Å²) < 4.78 is 60.8. The van der Waals surface area contributed by atoms with Gasteiger partial charge in [-0.25, -0.2) is 13.2 Å². The lowest BCUT2D eigenvalue weighted by atomic mass is 9.85. The minimum Gasteiger partial charge on any atom is -0.461 e. The monoisotopic (exact) mass is 691 g/mol. The molecular formula is C35H36F3N7O3S. The molecule has 4 aromatic rings. The van der Waals surface area contributed by atoms with Crippen LogP contribution in [0.15, 0.2) is 12.1 Å². The Hall–Kier alpha value is -3.74. The van der Waals surface area contributed by atoms with E-state index in [1.165, 1.54) is 6.07 Å². The van der Waals surface area contributed by atoms with Crippen LogP contribution in [0.2, 0.25) is 0 Å². The predicted molar refractivity (Wildman–Crippen MR) is 179 cm³/mol. The number of aromatic nitrogens is 2. The van der Waals surface area contributed by atoms with E-state index in [2.05, 4.69) is 25.8 Å². The van der Waals surface area contributed by atoms with Gasteiger partial charge >= 0.3 is 6.01 Å². The molecule has 0 amide bonds. The summed E-state index contributed by atoms with van der Waals surface area (Å²) in [6.45, 7) is 5.29. The summed E-state index contributed by atoms with van der Waals surface area (Å²) in [6.07, 6.45) is 1.63. The number of piperazine rings is 1. The van der Waals surface area contributed by atoms with Gasteiger partial charge in [-0.05, 0) is 56.0 Å². The van der Waals surface area contributed by atoms with E-state index >= 15 is 8.78 Å². The fraction of sp³-hybridized carbons (Fsp3) is 0.514. The molecule has 256 valence electrons. The van der Waals surface area contributed by atoms with Gasteiger partial charge < -0.3 is 25.2 Å². The number of aliphatic hydroxyl groups is 1. The van der Waals surface area contributed by atoms with Gasteiger partial charge in [0.15, 0.2) is 5.82 Å². The number of rotatable bonds is 7. The number of hydrogen-bond donors (Lipinski definition) is 2. The molecule has 0 saturated carbocycles. The molecule has 49 heavy (non-hydrogen) atoms. The van der Waals surface area contributed by atoms with E-state index in [-0.39, 0.29) is 70.5 Å². The summed E-state index contributed by atoms with van der Waals surface area (Å²) in [5.74, 6) is -0.894. The fourth-order valence-electron chi connectivity index (χ4n) is 9.26. The SMILES string of the molecule is C[C@@H](O)CN1CC2CC(C1)N2c1nc(OCC23CCCN2C[C@H](F)C3)nc2c(F)c(-c3c(F)ccc4sc(N)c(C#N)c34)c3c(c12)COC3. The quantitative estimate of drug-likeness (QED) is 0.278. The van der Waals surface area contributed by atoms with Crippen molar-refractivity contribution in [2.45, 2.75) is 75.7 Å². The third-order valence-electron chi connectivity index (χ3n) is 11.2. The molecule has 6 aliphatic heterocycles. The van der Waals surface area contributed by atoms with Gasteiger partial charge in [-0.15, -0.1) is 11.3 Å². The second kappa shape index (κ2) is 11.4. The average Bonchev–Trinajstić information content (AvgIpc) is 3.82. The highest BCUT2D eigenvalue weighted by Gasteiger charge is 2.50. The van der Waals surface area contributed by atoms with Crippen molar-refractivity contribution in [3.63, 3.8) is 0 Å². The number of hydrogen-bond acceptors (Lipinski definition) is 11. The lowest BCUT2D eigenvalue weighted by Crippen LogP contribution is -2.69. The molecule has 10 nitrogen and oxygen atoms in total. The first-order valence-corrected chi connectivity index (χ1v) is 17.7. The molecule has 2 bridgehead atoms. The minimum atomic E-state index is -0.938. The number of anilines is 2. The summed E-state index contributed by atoms with van der Waals surface area (Å²) in [5, 5.41) is 21.0. The smallest absolute Gasteiger partial charge is 0.319 e. The van der Waals surface area contributed by atoms with Crippen LogP contribution in [0.4, 0.5) is 24.0 Å². The normalized spacial score (nSPS) is 27.0. The molecule has 0 spiro atoms. The Morgan fingerprint density at radius 3 is 2.73 bits per heavy atom. The zero-order valence-electron chi connectivity index (χ0n) is 27.0. The number of nitrogens with two attached hydrogens (primary N) is 1. The van der Waals surface area contributed by atoms with Gasteiger partial charge in [0.2, 0.25) is 0 Å². The molecule has 2 aromatic heterocycles. The number of nitriles is 1. The highest BCUT2D eigenvalue weighted by molar-refractivity contribution is 7.23. The maximum absolute atomic E-state index is 17.4. The number of thiophene rings is 1. The first kappa shape index (κ1) is 31.3. The summed E-state index contributed by atoms with van der Waals surface area (Å²) >= 11 is 1.15. The van der Waals surface area contributed by atoms with E-state index < -0.39 is 29.4 Å². The molecule has 3 unspecified atom stereocenters. The molecule has 3 N–H and O–H groups in total. The van der Waals surface area contributed by atoms with Crippen molar-refractivity contribution >= 4 is 43.1 Å². The maximum atomic E-state index is 17.4. The van der Waals surface area contributed by atoms with Crippen molar-refractivity contribution in [2.75, 3.05) is 50.0 Å². The largest absolute Gasteiger partial charge is 0.461 e. The van der Waals surface area contributed by atoms with Crippen LogP contribution in [0.25, 0.3) is 32.1 Å². The number of halogens is 3. The molecule has 2 aromatic carbocycles. The summed E-state index contributed by atoms with van der Waals surface area (Å²) in [4.78, 5) is 16.2. The molecule has 5 atom stereocenters. The summed E-state index contributed by atoms with van der Waals surface area (Å²) in [6, 6.07) is 5.06. The Kier molecular flexibility index (Phi) is 7.27. The number of aliphatic hydroxyl groups excluding tert-OH is 1. The van der Waals surface area contributed by atoms with Crippen LogP contribution in [0.5, 0.6) is 6.01 Å². The van der Waals surface area contributed by atoms with Crippen LogP contribution in [0.1, 0.15) is 49.3 Å². The zero-order valence-corrected chi connectivity index (χ0v) is 27.8. The Morgan fingerprint density at radius 2 is 1.96 bits per heavy atom. The highest BCUT2D eigenvalue weighted by atomic mass is 32.1. The number of benzene rings is 2. The van der Waals surface area contributed by atoms with Gasteiger partial charge in [0.05, 0.1) is 35.8 Å². The number of fused-ring (bicyclic) bond motifs is 7. The first-order valence-electron chi connectivity index (χ1n) is 16.9. The van der Waals surface area contributed by atoms with Crippen LogP contribution >= 0.6 is 11.3 Å². The van der Waals surface area contributed by atoms with Gasteiger partial charge in [0.1, 0.15) is 41.0 Å². The molecule has 6 aliphatic rings. The molecular weight excluding hydrogens is 655 g/mol. The Labute approximate surface area is 284 Å². The van der Waals surface area contributed by atoms with E-state index in [4.69, 9.17) is 20.2 Å². The van der Waals surface area contributed by atoms with Crippen LogP contribution in [-0.2, 0) is 18.0 Å². The van der Waals surface area contributed by atoms with Gasteiger partial charge in [-0.1, -0.05) is 0 Å². The second-order valence-electron chi connectivity index (χ2n) is 14.3. The van der Waals surface area contributed by atoms with Crippen LogP contribution in [-0.4, -0.2) is 94.1 Å². The van der Waals surface area contributed by atoms with Gasteiger partial charge in [0, 0.05) is 65.9 Å². The molecule has 5 fully saturated rings. The first-order chi connectivity index (χ1) is 23.7. The lowest BCUT2D eigenvalue weighted by Gasteiger charge is -2.57. The van der Waals surface area contributed by atoms with E-state index in [9.17, 15) is 14.8 Å². The third-order valence-corrected chi connectivity index (χ3v) is 12.2. The van der Waals surface area contributed by atoms with Crippen molar-refractivity contribution in [3.8, 4) is 23.2 Å². The fourth-order valence-corrected chi connectivity index (χ4v) is 10.2. The Bertz CT molecular complexity index is 2060. The second-order valence-corrected chi connectivity index (χ2v) is 15.4. The maximum Gasteiger partial charge on any atom is 0.319 e. The van der Waals surface area contributed by atoms with E-state index in [1.807, 2.05) is 0 Å². The van der Waals surface area contributed by atoms with E-state index in [0.717, 1.165) is 37.1 Å². The Morgan fingerprint density at radius 1 is 1.16 bits per heavy atom. The lowest BCUT2D eigenvalue weighted by molar-refractivity contribution is 0.0651. The topological polar surface area (TPSA) is 124 Å². The van der Waals surface area contributed by atoms with Crippen LogP contribution in [0.3, 0.4) is 0 Å². The molecule has 10 rings (SSSR count). The molecule has 0 radical (unpaired) electrons. The number of ether oxygens (including phenoxy) is 2. The summed E-state index contributed by atoms with van der Waals surface area (Å²) in [5.41, 5.74) is 6.92. The number of alkyl halides is 1. The zero-order chi connectivity index (χ0) is 33.8. The third kappa shape index (κ3) is 4.73. The minimum absolute atomic E-state index is 0.00321. The van der Waals surface area contributed by atoms with E-state index in [1.54, 1.807) is 13.0 Å². The number of piperidine rings is 1. The van der Waals surface area contributed by atoms with Crippen molar-refractivity contribution in [3.05, 3.63) is 40.5 Å². The van der Waals surface area contributed by atoms with Crippen molar-refractivity contribution in [1.82, 2.24) is 19.8 Å². The number of nitrogen functional groups attached to an aromatic ring is 1. The standard InChI is InChI=1S/C35H36F3N7O3S/c1-17(46)10-43-12-19-7-20(13-43)45(19)33-28-23-15-47-14-22(23)27(29-24(37)3-4-25-26(29)21(9-39)32(40)49-25)30(38)31(28)41-34(42-33)48-16-35-5-2-6-44(35)11-18(36)8-35/h3-4,17-20,46H,2,5-8,10-16,40H2,1H3/t17-,18-,19?,20?,35?/m1/s1. The molecule has 14 heteroatoms. The molecule has 5 saturated heterocycles. The number of nitrogens with zero attached hydrogens (tertiary/aromatic N) is 6. The van der Waals surface area contributed by atoms with Crippen molar-refractivity contribution in [2.24, 2.45) is 0 Å².